The van der Waals surface area contributed by atoms with E-state index in [1.165, 1.54) is 36.0 Å². The molecule has 0 heterocycles. The quantitative estimate of drug-likeness (QED) is 0.581. The second kappa shape index (κ2) is 7.79. The van der Waals surface area contributed by atoms with E-state index in [0.29, 0.717) is 0 Å². The topological polar surface area (TPSA) is 20.2 Å². The van der Waals surface area contributed by atoms with Crippen LogP contribution in [0, 0.1) is 0 Å². The molecule has 2 rings (SSSR count). The van der Waals surface area contributed by atoms with E-state index >= 15 is 0 Å². The van der Waals surface area contributed by atoms with Gasteiger partial charge in [-0.15, -0.1) is 0 Å². The molecule has 0 saturated heterocycles. The standard InChI is InChI=1S/C20H30O/c1-3-4-5-8-13-20(21)14-9-12-18-10-6-7-11-19(18)15-17(2)16-20/h6-7,10-11,21H,2-5,8-9,12-16H2,1H3. The van der Waals surface area contributed by atoms with E-state index < -0.39 is 5.60 Å². The van der Waals surface area contributed by atoms with Crippen molar-refractivity contribution >= 4 is 0 Å². The maximum absolute atomic E-state index is 11.0. The van der Waals surface area contributed by atoms with Gasteiger partial charge >= 0.3 is 0 Å². The summed E-state index contributed by atoms with van der Waals surface area (Å²) in [6.07, 6.45) is 10.6. The summed E-state index contributed by atoms with van der Waals surface area (Å²) in [5.41, 5.74) is 3.50. The van der Waals surface area contributed by atoms with Gasteiger partial charge in [-0.05, 0) is 49.7 Å². The third-order valence-corrected chi connectivity index (χ3v) is 4.72. The van der Waals surface area contributed by atoms with Crippen LogP contribution in [0.15, 0.2) is 36.4 Å². The highest BCUT2D eigenvalue weighted by Crippen LogP contribution is 2.32. The Balaban J connectivity index is 2.00. The van der Waals surface area contributed by atoms with Crippen molar-refractivity contribution in [2.45, 2.75) is 76.7 Å². The number of fused-ring (bicyclic) bond motifs is 1. The molecule has 0 amide bonds. The number of hydrogen-bond donors (Lipinski definition) is 1. The number of hydrogen-bond acceptors (Lipinski definition) is 1. The molecule has 0 aromatic heterocycles. The van der Waals surface area contributed by atoms with Gasteiger partial charge in [0.2, 0.25) is 0 Å². The molecule has 0 aliphatic heterocycles. The van der Waals surface area contributed by atoms with E-state index in [9.17, 15) is 5.11 Å². The zero-order chi connectivity index (χ0) is 15.1. The molecule has 1 unspecified atom stereocenters. The molecule has 116 valence electrons. The van der Waals surface area contributed by atoms with E-state index in [0.717, 1.165) is 44.9 Å². The average Bonchev–Trinajstić information content (AvgIpc) is 2.50. The van der Waals surface area contributed by atoms with E-state index in [1.54, 1.807) is 0 Å². The predicted octanol–water partition coefficient (Wildman–Crippen LogP) is 5.21. The molecule has 0 saturated carbocycles. The lowest BCUT2D eigenvalue weighted by atomic mass is 9.84. The Labute approximate surface area is 130 Å². The zero-order valence-corrected chi connectivity index (χ0v) is 13.5. The highest BCUT2D eigenvalue weighted by atomic mass is 16.3. The van der Waals surface area contributed by atoms with Gasteiger partial charge in [0.05, 0.1) is 5.60 Å². The van der Waals surface area contributed by atoms with E-state index in [2.05, 4.69) is 37.8 Å². The van der Waals surface area contributed by atoms with Gasteiger partial charge in [0.1, 0.15) is 0 Å². The monoisotopic (exact) mass is 286 g/mol. The molecule has 1 aliphatic rings. The van der Waals surface area contributed by atoms with Crippen molar-refractivity contribution in [1.82, 2.24) is 0 Å². The number of aryl methyl sites for hydroxylation is 1. The zero-order valence-electron chi connectivity index (χ0n) is 13.5. The Bertz CT molecular complexity index is 463. The van der Waals surface area contributed by atoms with E-state index in [1.807, 2.05) is 0 Å². The van der Waals surface area contributed by atoms with Crippen molar-refractivity contribution in [2.75, 3.05) is 0 Å². The van der Waals surface area contributed by atoms with Gasteiger partial charge in [-0.1, -0.05) is 69.0 Å². The molecule has 0 fully saturated rings. The van der Waals surface area contributed by atoms with Crippen LogP contribution in [0.3, 0.4) is 0 Å². The van der Waals surface area contributed by atoms with Crippen LogP contribution < -0.4 is 0 Å². The summed E-state index contributed by atoms with van der Waals surface area (Å²) in [6.45, 7) is 6.47. The molecule has 1 atom stereocenters. The summed E-state index contributed by atoms with van der Waals surface area (Å²) in [5, 5.41) is 11.0. The van der Waals surface area contributed by atoms with Crippen LogP contribution in [0.25, 0.3) is 0 Å². The molecule has 1 nitrogen and oxygen atoms in total. The number of aliphatic hydroxyl groups is 1. The van der Waals surface area contributed by atoms with Crippen LogP contribution in [0.1, 0.15) is 69.4 Å². The van der Waals surface area contributed by atoms with Gasteiger partial charge in [-0.2, -0.15) is 0 Å². The van der Waals surface area contributed by atoms with Crippen LogP contribution in [0.2, 0.25) is 0 Å². The maximum atomic E-state index is 11.0. The minimum atomic E-state index is -0.521. The van der Waals surface area contributed by atoms with Crippen molar-refractivity contribution in [2.24, 2.45) is 0 Å². The first-order valence-electron chi connectivity index (χ1n) is 8.59. The van der Waals surface area contributed by atoms with Crippen LogP contribution in [-0.2, 0) is 12.8 Å². The molecular weight excluding hydrogens is 256 g/mol. The number of unbranched alkanes of at least 4 members (excludes halogenated alkanes) is 3. The Morgan fingerprint density at radius 3 is 2.67 bits per heavy atom. The fourth-order valence-corrected chi connectivity index (χ4v) is 3.56. The van der Waals surface area contributed by atoms with E-state index in [-0.39, 0.29) is 0 Å². The normalized spacial score (nSPS) is 23.0. The van der Waals surface area contributed by atoms with Crippen LogP contribution in [0.4, 0.5) is 0 Å². The molecule has 1 aromatic carbocycles. The summed E-state index contributed by atoms with van der Waals surface area (Å²) < 4.78 is 0. The lowest BCUT2D eigenvalue weighted by molar-refractivity contribution is 0.0188. The summed E-state index contributed by atoms with van der Waals surface area (Å²) in [5.74, 6) is 0. The number of rotatable bonds is 5. The lowest BCUT2D eigenvalue weighted by Gasteiger charge is -2.29. The van der Waals surface area contributed by atoms with Crippen molar-refractivity contribution < 1.29 is 5.11 Å². The van der Waals surface area contributed by atoms with Gasteiger partial charge < -0.3 is 5.11 Å². The summed E-state index contributed by atoms with van der Waals surface area (Å²) in [7, 11) is 0. The lowest BCUT2D eigenvalue weighted by Crippen LogP contribution is -2.29. The molecule has 0 radical (unpaired) electrons. The van der Waals surface area contributed by atoms with Crippen molar-refractivity contribution in [3.63, 3.8) is 0 Å². The molecule has 1 aliphatic carbocycles. The van der Waals surface area contributed by atoms with Crippen LogP contribution in [-0.4, -0.2) is 10.7 Å². The smallest absolute Gasteiger partial charge is 0.0684 e. The summed E-state index contributed by atoms with van der Waals surface area (Å²) in [4.78, 5) is 0. The van der Waals surface area contributed by atoms with Gasteiger partial charge in [0.15, 0.2) is 0 Å². The maximum Gasteiger partial charge on any atom is 0.0684 e. The Morgan fingerprint density at radius 2 is 1.90 bits per heavy atom. The largest absolute Gasteiger partial charge is 0.390 e. The first-order valence-corrected chi connectivity index (χ1v) is 8.59. The molecule has 0 spiro atoms. The predicted molar refractivity (Wildman–Crippen MR) is 90.5 cm³/mol. The minimum absolute atomic E-state index is 0.521. The van der Waals surface area contributed by atoms with Gasteiger partial charge in [0, 0.05) is 0 Å². The second-order valence-electron chi connectivity index (χ2n) is 6.76. The third-order valence-electron chi connectivity index (χ3n) is 4.72. The summed E-state index contributed by atoms with van der Waals surface area (Å²) >= 11 is 0. The van der Waals surface area contributed by atoms with Gasteiger partial charge in [-0.3, -0.25) is 0 Å². The number of benzene rings is 1. The van der Waals surface area contributed by atoms with Crippen LogP contribution in [0.5, 0.6) is 0 Å². The molecule has 0 bridgehead atoms. The fraction of sp³-hybridized carbons (Fsp3) is 0.600. The van der Waals surface area contributed by atoms with Crippen molar-refractivity contribution in [3.8, 4) is 0 Å². The molecule has 1 heteroatoms. The third kappa shape index (κ3) is 5.00. The Hall–Kier alpha value is -1.08. The molecule has 1 N–H and O–H groups in total. The highest BCUT2D eigenvalue weighted by molar-refractivity contribution is 5.31. The van der Waals surface area contributed by atoms with Crippen LogP contribution >= 0.6 is 0 Å². The van der Waals surface area contributed by atoms with Crippen molar-refractivity contribution in [3.05, 3.63) is 47.5 Å². The van der Waals surface area contributed by atoms with Gasteiger partial charge in [-0.25, -0.2) is 0 Å². The molecule has 1 aromatic rings. The highest BCUT2D eigenvalue weighted by Gasteiger charge is 2.28. The molecular formula is C20H30O. The first kappa shape index (κ1) is 16.3. The Morgan fingerprint density at radius 1 is 1.14 bits per heavy atom. The first-order chi connectivity index (χ1) is 10.1. The second-order valence-corrected chi connectivity index (χ2v) is 6.76. The summed E-state index contributed by atoms with van der Waals surface area (Å²) in [6, 6.07) is 8.68. The molecule has 21 heavy (non-hydrogen) atoms. The van der Waals surface area contributed by atoms with Gasteiger partial charge in [0.25, 0.3) is 0 Å². The average molecular weight is 286 g/mol. The Kier molecular flexibility index (Phi) is 6.05. The van der Waals surface area contributed by atoms with Crippen molar-refractivity contribution in [1.29, 1.82) is 0 Å². The fourth-order valence-electron chi connectivity index (χ4n) is 3.56. The SMILES string of the molecule is C=C1Cc2ccccc2CCCC(O)(CCCCCC)C1. The minimum Gasteiger partial charge on any atom is -0.390 e. The van der Waals surface area contributed by atoms with E-state index in [4.69, 9.17) is 0 Å².